The fourth-order valence-corrected chi connectivity index (χ4v) is 3.75. The van der Waals surface area contributed by atoms with Crippen molar-refractivity contribution in [3.05, 3.63) is 35.1 Å². The van der Waals surface area contributed by atoms with E-state index in [4.69, 9.17) is 0 Å². The molecular weight excluding hydrogens is 310 g/mol. The molecule has 0 radical (unpaired) electrons. The van der Waals surface area contributed by atoms with Crippen molar-refractivity contribution in [1.29, 1.82) is 0 Å². The lowest BCUT2D eigenvalue weighted by Gasteiger charge is -2.18. The molecule has 1 atom stereocenters. The van der Waals surface area contributed by atoms with Crippen LogP contribution in [0.15, 0.2) is 24.5 Å². The number of carbonyl (C=O) groups excluding carboxylic acids is 1. The number of hydrogen-bond donors (Lipinski definition) is 2. The van der Waals surface area contributed by atoms with Crippen molar-refractivity contribution in [2.75, 3.05) is 5.32 Å². The van der Waals surface area contributed by atoms with Crippen molar-refractivity contribution in [2.24, 2.45) is 0 Å². The lowest BCUT2D eigenvalue weighted by molar-refractivity contribution is 0.249. The van der Waals surface area contributed by atoms with Gasteiger partial charge in [0.05, 0.1) is 6.04 Å². The summed E-state index contributed by atoms with van der Waals surface area (Å²) in [7, 11) is 0. The second-order valence-corrected chi connectivity index (χ2v) is 6.90. The molecule has 2 N–H and O–H groups in total. The molecule has 1 aliphatic rings. The van der Waals surface area contributed by atoms with E-state index >= 15 is 0 Å². The molecule has 2 aromatic rings. The third kappa shape index (κ3) is 4.25. The molecule has 23 heavy (non-hydrogen) atoms. The second-order valence-electron chi connectivity index (χ2n) is 5.89. The van der Waals surface area contributed by atoms with Crippen LogP contribution in [0.5, 0.6) is 0 Å². The van der Waals surface area contributed by atoms with Crippen molar-refractivity contribution in [2.45, 2.75) is 51.0 Å². The van der Waals surface area contributed by atoms with Crippen molar-refractivity contribution in [1.82, 2.24) is 20.5 Å². The molecule has 0 bridgehead atoms. The normalized spacial score (nSPS) is 16.7. The SMILES string of the molecule is C[C@@H](NC(=O)Nc1nnc(C2CCCCC2)s1)c1cccnc1. The number of rotatable bonds is 4. The molecule has 122 valence electrons. The minimum absolute atomic E-state index is 0.116. The van der Waals surface area contributed by atoms with E-state index in [0.717, 1.165) is 10.6 Å². The van der Waals surface area contributed by atoms with Gasteiger partial charge in [0, 0.05) is 18.3 Å². The first-order valence-corrected chi connectivity index (χ1v) is 8.85. The van der Waals surface area contributed by atoms with Crippen molar-refractivity contribution in [3.8, 4) is 0 Å². The van der Waals surface area contributed by atoms with Gasteiger partial charge >= 0.3 is 6.03 Å². The van der Waals surface area contributed by atoms with E-state index in [1.807, 2.05) is 19.1 Å². The van der Waals surface area contributed by atoms with Crippen LogP contribution in [0, 0.1) is 0 Å². The predicted octanol–water partition coefficient (Wildman–Crippen LogP) is 3.86. The van der Waals surface area contributed by atoms with E-state index in [0.29, 0.717) is 11.0 Å². The minimum Gasteiger partial charge on any atom is -0.331 e. The number of pyridine rings is 1. The zero-order chi connectivity index (χ0) is 16.1. The fourth-order valence-electron chi connectivity index (χ4n) is 2.84. The molecule has 2 heterocycles. The number of aromatic nitrogens is 3. The first-order chi connectivity index (χ1) is 11.2. The molecule has 0 unspecified atom stereocenters. The summed E-state index contributed by atoms with van der Waals surface area (Å²) >= 11 is 1.48. The summed E-state index contributed by atoms with van der Waals surface area (Å²) in [6.45, 7) is 1.92. The summed E-state index contributed by atoms with van der Waals surface area (Å²) in [5.41, 5.74) is 0.961. The average Bonchev–Trinajstić information content (AvgIpc) is 3.04. The zero-order valence-corrected chi connectivity index (χ0v) is 14.0. The lowest BCUT2D eigenvalue weighted by atomic mass is 9.90. The van der Waals surface area contributed by atoms with Crippen LogP contribution in [-0.2, 0) is 0 Å². The number of anilines is 1. The first-order valence-electron chi connectivity index (χ1n) is 8.03. The Bertz CT molecular complexity index is 639. The summed E-state index contributed by atoms with van der Waals surface area (Å²) in [6, 6.07) is 3.40. The molecule has 1 aliphatic carbocycles. The van der Waals surface area contributed by atoms with Crippen molar-refractivity contribution >= 4 is 22.5 Å². The third-order valence-corrected chi connectivity index (χ3v) is 5.15. The minimum atomic E-state index is -0.271. The molecule has 0 spiro atoms. The van der Waals surface area contributed by atoms with Gasteiger partial charge in [-0.15, -0.1) is 10.2 Å². The average molecular weight is 331 g/mol. The highest BCUT2D eigenvalue weighted by Crippen LogP contribution is 2.35. The first kappa shape index (κ1) is 15.9. The summed E-state index contributed by atoms with van der Waals surface area (Å²) in [5, 5.41) is 15.6. The largest absolute Gasteiger partial charge is 0.331 e. The van der Waals surface area contributed by atoms with E-state index in [2.05, 4.69) is 25.8 Å². The van der Waals surface area contributed by atoms with Gasteiger partial charge in [0.1, 0.15) is 5.01 Å². The van der Waals surface area contributed by atoms with Crippen molar-refractivity contribution in [3.63, 3.8) is 0 Å². The van der Waals surface area contributed by atoms with Crippen LogP contribution in [0.4, 0.5) is 9.93 Å². The Morgan fingerprint density at radius 2 is 2.13 bits per heavy atom. The molecule has 0 saturated heterocycles. The molecule has 6 nitrogen and oxygen atoms in total. The maximum atomic E-state index is 12.1. The maximum absolute atomic E-state index is 12.1. The smallest absolute Gasteiger partial charge is 0.321 e. The number of carbonyl (C=O) groups is 1. The number of nitrogens with zero attached hydrogens (tertiary/aromatic N) is 3. The second kappa shape index (κ2) is 7.50. The van der Waals surface area contributed by atoms with Gasteiger partial charge in [-0.05, 0) is 31.4 Å². The van der Waals surface area contributed by atoms with Gasteiger partial charge in [-0.1, -0.05) is 36.7 Å². The summed E-state index contributed by atoms with van der Waals surface area (Å²) in [5.74, 6) is 0.508. The van der Waals surface area contributed by atoms with Crippen LogP contribution >= 0.6 is 11.3 Å². The molecule has 3 rings (SSSR count). The zero-order valence-electron chi connectivity index (χ0n) is 13.2. The van der Waals surface area contributed by atoms with Gasteiger partial charge in [0.25, 0.3) is 0 Å². The molecule has 0 aliphatic heterocycles. The van der Waals surface area contributed by atoms with Gasteiger partial charge in [-0.3, -0.25) is 10.3 Å². The van der Waals surface area contributed by atoms with Gasteiger partial charge in [-0.25, -0.2) is 4.79 Å². The summed E-state index contributed by atoms with van der Waals surface area (Å²) in [4.78, 5) is 16.1. The van der Waals surface area contributed by atoms with E-state index in [-0.39, 0.29) is 12.1 Å². The quantitative estimate of drug-likeness (QED) is 0.891. The third-order valence-electron chi connectivity index (χ3n) is 4.15. The highest BCUT2D eigenvalue weighted by molar-refractivity contribution is 7.15. The standard InChI is InChI=1S/C16H21N5OS/c1-11(13-8-5-9-17-10-13)18-15(22)19-16-21-20-14(23-16)12-6-3-2-4-7-12/h5,8-12H,2-4,6-7H2,1H3,(H2,18,19,21,22)/t11-/m1/s1. The predicted molar refractivity (Wildman–Crippen MR) is 90.5 cm³/mol. The van der Waals surface area contributed by atoms with Crippen LogP contribution in [0.2, 0.25) is 0 Å². The number of urea groups is 1. The van der Waals surface area contributed by atoms with Crippen molar-refractivity contribution < 1.29 is 4.79 Å². The Balaban J connectivity index is 1.54. The van der Waals surface area contributed by atoms with E-state index in [1.165, 1.54) is 43.4 Å². The molecular formula is C16H21N5OS. The Hall–Kier alpha value is -2.02. The molecule has 7 heteroatoms. The maximum Gasteiger partial charge on any atom is 0.321 e. The topological polar surface area (TPSA) is 79.8 Å². The van der Waals surface area contributed by atoms with E-state index in [1.54, 1.807) is 12.4 Å². The van der Waals surface area contributed by atoms with Crippen LogP contribution < -0.4 is 10.6 Å². The molecule has 2 amide bonds. The highest BCUT2D eigenvalue weighted by atomic mass is 32.1. The van der Waals surface area contributed by atoms with E-state index < -0.39 is 0 Å². The highest BCUT2D eigenvalue weighted by Gasteiger charge is 2.20. The lowest BCUT2D eigenvalue weighted by Crippen LogP contribution is -2.31. The van der Waals surface area contributed by atoms with Crippen LogP contribution in [0.3, 0.4) is 0 Å². The molecule has 1 fully saturated rings. The number of hydrogen-bond acceptors (Lipinski definition) is 5. The van der Waals surface area contributed by atoms with Gasteiger partial charge < -0.3 is 5.32 Å². The molecule has 1 saturated carbocycles. The van der Waals surface area contributed by atoms with Crippen LogP contribution in [0.25, 0.3) is 0 Å². The molecule has 0 aromatic carbocycles. The fraction of sp³-hybridized carbons (Fsp3) is 0.500. The van der Waals surface area contributed by atoms with Crippen LogP contribution in [0.1, 0.15) is 61.6 Å². The Morgan fingerprint density at radius 3 is 2.87 bits per heavy atom. The van der Waals surface area contributed by atoms with Gasteiger partial charge in [-0.2, -0.15) is 0 Å². The van der Waals surface area contributed by atoms with Gasteiger partial charge in [0.2, 0.25) is 5.13 Å². The Labute approximate surface area is 139 Å². The number of amides is 2. The molecule has 2 aromatic heterocycles. The Morgan fingerprint density at radius 1 is 1.30 bits per heavy atom. The van der Waals surface area contributed by atoms with E-state index in [9.17, 15) is 4.79 Å². The van der Waals surface area contributed by atoms with Gasteiger partial charge in [0.15, 0.2) is 0 Å². The summed E-state index contributed by atoms with van der Waals surface area (Å²) < 4.78 is 0. The monoisotopic (exact) mass is 331 g/mol. The number of nitrogens with one attached hydrogen (secondary N) is 2. The Kier molecular flexibility index (Phi) is 5.17. The summed E-state index contributed by atoms with van der Waals surface area (Å²) in [6.07, 6.45) is 9.65. The van der Waals surface area contributed by atoms with Crippen LogP contribution in [-0.4, -0.2) is 21.2 Å².